The SMILES string of the molecule is COc1ccc(C(=O)NCC2CCCN2S(C)(=O)=O)cc1OC. The number of ether oxygens (including phenoxy) is 2. The molecule has 1 amide bonds. The molecule has 7 nitrogen and oxygen atoms in total. The van der Waals surface area contributed by atoms with Gasteiger partial charge in [-0.15, -0.1) is 0 Å². The number of hydrogen-bond acceptors (Lipinski definition) is 5. The Kier molecular flexibility index (Phi) is 5.48. The lowest BCUT2D eigenvalue weighted by Crippen LogP contribution is -2.42. The van der Waals surface area contributed by atoms with Crippen LogP contribution in [0.1, 0.15) is 23.2 Å². The molecule has 23 heavy (non-hydrogen) atoms. The molecule has 1 N–H and O–H groups in total. The van der Waals surface area contributed by atoms with E-state index in [1.54, 1.807) is 18.2 Å². The number of carbonyl (C=O) groups excluding carboxylic acids is 1. The summed E-state index contributed by atoms with van der Waals surface area (Å²) in [7, 11) is -0.211. The van der Waals surface area contributed by atoms with Gasteiger partial charge < -0.3 is 14.8 Å². The molecule has 0 radical (unpaired) electrons. The van der Waals surface area contributed by atoms with Crippen LogP contribution in [0.15, 0.2) is 18.2 Å². The third-order valence-corrected chi connectivity index (χ3v) is 5.23. The molecule has 1 fully saturated rings. The predicted octanol–water partition coefficient (Wildman–Crippen LogP) is 0.858. The summed E-state index contributed by atoms with van der Waals surface area (Å²) in [6.45, 7) is 0.802. The fraction of sp³-hybridized carbons (Fsp3) is 0.533. The van der Waals surface area contributed by atoms with Crippen LogP contribution in [-0.4, -0.2) is 58.2 Å². The minimum Gasteiger partial charge on any atom is -0.493 e. The van der Waals surface area contributed by atoms with Gasteiger partial charge in [0.15, 0.2) is 11.5 Å². The normalized spacial score (nSPS) is 18.7. The number of rotatable bonds is 6. The van der Waals surface area contributed by atoms with E-state index in [0.29, 0.717) is 30.2 Å². The van der Waals surface area contributed by atoms with Gasteiger partial charge in [-0.05, 0) is 31.0 Å². The van der Waals surface area contributed by atoms with Crippen molar-refractivity contribution < 1.29 is 22.7 Å². The molecule has 1 heterocycles. The van der Waals surface area contributed by atoms with Gasteiger partial charge in [0.2, 0.25) is 10.0 Å². The van der Waals surface area contributed by atoms with Crippen LogP contribution in [0.2, 0.25) is 0 Å². The van der Waals surface area contributed by atoms with Gasteiger partial charge in [-0.1, -0.05) is 0 Å². The summed E-state index contributed by atoms with van der Waals surface area (Å²) in [5.41, 5.74) is 0.437. The van der Waals surface area contributed by atoms with Crippen molar-refractivity contribution in [1.82, 2.24) is 9.62 Å². The second kappa shape index (κ2) is 7.18. The van der Waals surface area contributed by atoms with Crippen molar-refractivity contribution in [2.45, 2.75) is 18.9 Å². The first kappa shape index (κ1) is 17.6. The van der Waals surface area contributed by atoms with Gasteiger partial charge in [0.05, 0.1) is 20.5 Å². The molecule has 0 spiro atoms. The number of nitrogens with one attached hydrogen (secondary N) is 1. The lowest BCUT2D eigenvalue weighted by molar-refractivity contribution is 0.0946. The molecule has 0 saturated carbocycles. The third kappa shape index (κ3) is 4.14. The van der Waals surface area contributed by atoms with E-state index in [2.05, 4.69) is 5.32 Å². The molecule has 1 aromatic carbocycles. The third-order valence-electron chi connectivity index (χ3n) is 3.89. The van der Waals surface area contributed by atoms with E-state index >= 15 is 0 Å². The van der Waals surface area contributed by atoms with Crippen LogP contribution in [0.5, 0.6) is 11.5 Å². The van der Waals surface area contributed by atoms with Crippen LogP contribution < -0.4 is 14.8 Å². The molecule has 0 aromatic heterocycles. The molecule has 8 heteroatoms. The highest BCUT2D eigenvalue weighted by Crippen LogP contribution is 2.27. The Hall–Kier alpha value is -1.80. The van der Waals surface area contributed by atoms with Crippen LogP contribution in [-0.2, 0) is 10.0 Å². The average molecular weight is 342 g/mol. The van der Waals surface area contributed by atoms with Crippen LogP contribution in [0.3, 0.4) is 0 Å². The minimum absolute atomic E-state index is 0.186. The smallest absolute Gasteiger partial charge is 0.251 e. The lowest BCUT2D eigenvalue weighted by atomic mass is 10.1. The van der Waals surface area contributed by atoms with Gasteiger partial charge in [0.1, 0.15) is 0 Å². The van der Waals surface area contributed by atoms with E-state index in [9.17, 15) is 13.2 Å². The highest BCUT2D eigenvalue weighted by Gasteiger charge is 2.31. The quantitative estimate of drug-likeness (QED) is 0.829. The van der Waals surface area contributed by atoms with E-state index in [1.807, 2.05) is 0 Å². The fourth-order valence-corrected chi connectivity index (χ4v) is 3.92. The van der Waals surface area contributed by atoms with Gasteiger partial charge in [-0.3, -0.25) is 4.79 Å². The van der Waals surface area contributed by atoms with Crippen molar-refractivity contribution in [1.29, 1.82) is 0 Å². The van der Waals surface area contributed by atoms with E-state index in [0.717, 1.165) is 12.8 Å². The summed E-state index contributed by atoms with van der Waals surface area (Å²) in [5, 5.41) is 2.79. The maximum Gasteiger partial charge on any atom is 0.251 e. The summed E-state index contributed by atoms with van der Waals surface area (Å²) >= 11 is 0. The Bertz CT molecular complexity index is 674. The molecule has 1 unspecified atom stereocenters. The number of amides is 1. The average Bonchev–Trinajstić information content (AvgIpc) is 3.00. The summed E-state index contributed by atoms with van der Waals surface area (Å²) in [6.07, 6.45) is 2.75. The second-order valence-electron chi connectivity index (χ2n) is 5.45. The first-order valence-electron chi connectivity index (χ1n) is 7.34. The Balaban J connectivity index is 2.02. The molecule has 1 aliphatic heterocycles. The Labute approximate surface area is 136 Å². The molecule has 0 aliphatic carbocycles. The van der Waals surface area contributed by atoms with Crippen molar-refractivity contribution >= 4 is 15.9 Å². The maximum absolute atomic E-state index is 12.3. The number of nitrogens with zero attached hydrogens (tertiary/aromatic N) is 1. The first-order valence-corrected chi connectivity index (χ1v) is 9.18. The van der Waals surface area contributed by atoms with Crippen molar-refractivity contribution in [3.8, 4) is 11.5 Å². The van der Waals surface area contributed by atoms with Gasteiger partial charge in [0.25, 0.3) is 5.91 Å². The van der Waals surface area contributed by atoms with Crippen molar-refractivity contribution in [2.24, 2.45) is 0 Å². The number of carbonyl (C=O) groups is 1. The van der Waals surface area contributed by atoms with Crippen molar-refractivity contribution in [3.63, 3.8) is 0 Å². The summed E-state index contributed by atoms with van der Waals surface area (Å²) in [5.74, 6) is 0.744. The summed E-state index contributed by atoms with van der Waals surface area (Å²) in [4.78, 5) is 12.3. The fourth-order valence-electron chi connectivity index (χ4n) is 2.74. The van der Waals surface area contributed by atoms with Crippen LogP contribution in [0.25, 0.3) is 0 Å². The molecule has 0 bridgehead atoms. The van der Waals surface area contributed by atoms with E-state index in [-0.39, 0.29) is 11.9 Å². The lowest BCUT2D eigenvalue weighted by Gasteiger charge is -2.22. The van der Waals surface area contributed by atoms with Gasteiger partial charge >= 0.3 is 0 Å². The molecule has 1 aliphatic rings. The number of sulfonamides is 1. The Morgan fingerprint density at radius 3 is 2.61 bits per heavy atom. The van der Waals surface area contributed by atoms with Crippen LogP contribution in [0.4, 0.5) is 0 Å². The van der Waals surface area contributed by atoms with Crippen LogP contribution in [0, 0.1) is 0 Å². The molecule has 2 rings (SSSR count). The van der Waals surface area contributed by atoms with Crippen molar-refractivity contribution in [2.75, 3.05) is 33.6 Å². The molecule has 1 atom stereocenters. The zero-order valence-corrected chi connectivity index (χ0v) is 14.4. The highest BCUT2D eigenvalue weighted by molar-refractivity contribution is 7.88. The molecular formula is C15H22N2O5S. The van der Waals surface area contributed by atoms with E-state index in [4.69, 9.17) is 9.47 Å². The van der Waals surface area contributed by atoms with Gasteiger partial charge in [-0.2, -0.15) is 4.31 Å². The molecule has 1 aromatic rings. The molecule has 128 valence electrons. The summed E-state index contributed by atoms with van der Waals surface area (Å²) in [6, 6.07) is 4.71. The van der Waals surface area contributed by atoms with E-state index in [1.165, 1.54) is 24.8 Å². The van der Waals surface area contributed by atoms with Crippen LogP contribution >= 0.6 is 0 Å². The zero-order chi connectivity index (χ0) is 17.0. The number of hydrogen-bond donors (Lipinski definition) is 1. The second-order valence-corrected chi connectivity index (χ2v) is 7.38. The summed E-state index contributed by atoms with van der Waals surface area (Å²) < 4.78 is 35.1. The topological polar surface area (TPSA) is 84.9 Å². The van der Waals surface area contributed by atoms with Gasteiger partial charge in [-0.25, -0.2) is 8.42 Å². The maximum atomic E-state index is 12.3. The first-order chi connectivity index (χ1) is 10.9. The highest BCUT2D eigenvalue weighted by atomic mass is 32.2. The largest absolute Gasteiger partial charge is 0.493 e. The zero-order valence-electron chi connectivity index (χ0n) is 13.5. The van der Waals surface area contributed by atoms with Crippen molar-refractivity contribution in [3.05, 3.63) is 23.8 Å². The number of methoxy groups -OCH3 is 2. The minimum atomic E-state index is -3.24. The van der Waals surface area contributed by atoms with E-state index < -0.39 is 10.0 Å². The Morgan fingerprint density at radius 1 is 1.30 bits per heavy atom. The monoisotopic (exact) mass is 342 g/mol. The standard InChI is InChI=1S/C15H22N2O5S/c1-21-13-7-6-11(9-14(13)22-2)15(18)16-10-12-5-4-8-17(12)23(3,19)20/h6-7,9,12H,4-5,8,10H2,1-3H3,(H,16,18). The Morgan fingerprint density at radius 2 is 2.00 bits per heavy atom. The molecular weight excluding hydrogens is 320 g/mol. The molecule has 1 saturated heterocycles. The van der Waals surface area contributed by atoms with Gasteiger partial charge in [0, 0.05) is 24.7 Å². The predicted molar refractivity (Wildman–Crippen MR) is 86.5 cm³/mol. The number of benzene rings is 1.